The first kappa shape index (κ1) is 10.7. The van der Waals surface area contributed by atoms with Crippen LogP contribution in [0.1, 0.15) is 55.0 Å². The van der Waals surface area contributed by atoms with Crippen LogP contribution < -0.4 is 5.73 Å². The SMILES string of the molecule is Cc1c(CN)cc(C2CCCCC2)n1C. The highest BCUT2D eigenvalue weighted by Crippen LogP contribution is 2.34. The van der Waals surface area contributed by atoms with Gasteiger partial charge in [0.2, 0.25) is 0 Å². The van der Waals surface area contributed by atoms with Crippen molar-refractivity contribution in [1.82, 2.24) is 4.57 Å². The number of aromatic nitrogens is 1. The van der Waals surface area contributed by atoms with Crippen LogP contribution >= 0.6 is 0 Å². The van der Waals surface area contributed by atoms with Crippen LogP contribution in [0.4, 0.5) is 0 Å². The molecular formula is C13H22N2. The van der Waals surface area contributed by atoms with Gasteiger partial charge in [-0.25, -0.2) is 0 Å². The Kier molecular flexibility index (Phi) is 3.15. The Labute approximate surface area is 92.5 Å². The molecule has 0 radical (unpaired) electrons. The minimum Gasteiger partial charge on any atom is -0.351 e. The first-order chi connectivity index (χ1) is 7.24. The second-order valence-electron chi connectivity index (χ2n) is 4.78. The lowest BCUT2D eigenvalue weighted by Gasteiger charge is -2.22. The molecule has 0 atom stereocenters. The summed E-state index contributed by atoms with van der Waals surface area (Å²) in [6.07, 6.45) is 6.94. The van der Waals surface area contributed by atoms with Gasteiger partial charge in [-0.2, -0.15) is 0 Å². The summed E-state index contributed by atoms with van der Waals surface area (Å²) in [5.41, 5.74) is 9.92. The molecular weight excluding hydrogens is 184 g/mol. The summed E-state index contributed by atoms with van der Waals surface area (Å²) >= 11 is 0. The van der Waals surface area contributed by atoms with Crippen molar-refractivity contribution in [1.29, 1.82) is 0 Å². The van der Waals surface area contributed by atoms with Crippen molar-refractivity contribution in [2.45, 2.75) is 51.5 Å². The molecule has 2 nitrogen and oxygen atoms in total. The highest BCUT2D eigenvalue weighted by atomic mass is 15.0. The first-order valence-electron chi connectivity index (χ1n) is 6.09. The van der Waals surface area contributed by atoms with E-state index in [1.807, 2.05) is 0 Å². The zero-order valence-corrected chi connectivity index (χ0v) is 9.92. The zero-order chi connectivity index (χ0) is 10.8. The second-order valence-corrected chi connectivity index (χ2v) is 4.78. The molecule has 0 spiro atoms. The number of nitrogens with two attached hydrogens (primary N) is 1. The summed E-state index contributed by atoms with van der Waals surface area (Å²) in [6, 6.07) is 2.32. The fraction of sp³-hybridized carbons (Fsp3) is 0.692. The number of rotatable bonds is 2. The Balaban J connectivity index is 2.26. The molecule has 1 saturated carbocycles. The van der Waals surface area contributed by atoms with Crippen molar-refractivity contribution in [2.75, 3.05) is 0 Å². The van der Waals surface area contributed by atoms with Gasteiger partial charge in [0.15, 0.2) is 0 Å². The van der Waals surface area contributed by atoms with E-state index in [4.69, 9.17) is 5.73 Å². The Hall–Kier alpha value is -0.760. The normalized spacial score (nSPS) is 18.3. The molecule has 0 unspecified atom stereocenters. The molecule has 2 rings (SSSR count). The van der Waals surface area contributed by atoms with E-state index in [-0.39, 0.29) is 0 Å². The highest BCUT2D eigenvalue weighted by molar-refractivity contribution is 5.29. The van der Waals surface area contributed by atoms with Crippen LogP contribution in [0.2, 0.25) is 0 Å². The predicted molar refractivity (Wildman–Crippen MR) is 63.9 cm³/mol. The van der Waals surface area contributed by atoms with Crippen molar-refractivity contribution in [2.24, 2.45) is 12.8 Å². The summed E-state index contributed by atoms with van der Waals surface area (Å²) < 4.78 is 2.35. The zero-order valence-electron chi connectivity index (χ0n) is 9.92. The summed E-state index contributed by atoms with van der Waals surface area (Å²) in [5, 5.41) is 0. The Morgan fingerprint density at radius 1 is 1.33 bits per heavy atom. The highest BCUT2D eigenvalue weighted by Gasteiger charge is 2.19. The molecule has 84 valence electrons. The first-order valence-corrected chi connectivity index (χ1v) is 6.09. The lowest BCUT2D eigenvalue weighted by Crippen LogP contribution is -2.09. The maximum atomic E-state index is 5.75. The van der Waals surface area contributed by atoms with E-state index >= 15 is 0 Å². The topological polar surface area (TPSA) is 30.9 Å². The molecule has 1 aliphatic carbocycles. The van der Waals surface area contributed by atoms with E-state index in [2.05, 4.69) is 24.6 Å². The van der Waals surface area contributed by atoms with Gasteiger partial charge in [-0.1, -0.05) is 19.3 Å². The van der Waals surface area contributed by atoms with Crippen LogP contribution in [0, 0.1) is 6.92 Å². The van der Waals surface area contributed by atoms with E-state index in [1.165, 1.54) is 49.1 Å². The molecule has 2 N–H and O–H groups in total. The average molecular weight is 206 g/mol. The van der Waals surface area contributed by atoms with Gasteiger partial charge in [0.25, 0.3) is 0 Å². The van der Waals surface area contributed by atoms with Gasteiger partial charge < -0.3 is 10.3 Å². The number of hydrogen-bond donors (Lipinski definition) is 1. The fourth-order valence-corrected chi connectivity index (χ4v) is 2.79. The number of nitrogens with zero attached hydrogens (tertiary/aromatic N) is 1. The van der Waals surface area contributed by atoms with E-state index in [0.29, 0.717) is 6.54 Å². The van der Waals surface area contributed by atoms with Gasteiger partial charge in [0.05, 0.1) is 0 Å². The van der Waals surface area contributed by atoms with Crippen molar-refractivity contribution in [3.8, 4) is 0 Å². The minimum absolute atomic E-state index is 0.673. The molecule has 0 bridgehead atoms. The second kappa shape index (κ2) is 4.40. The predicted octanol–water partition coefficient (Wildman–Crippen LogP) is 2.84. The monoisotopic (exact) mass is 206 g/mol. The molecule has 0 saturated heterocycles. The van der Waals surface area contributed by atoms with Crippen LogP contribution in [0.15, 0.2) is 6.07 Å². The third-order valence-electron chi connectivity index (χ3n) is 3.92. The van der Waals surface area contributed by atoms with E-state index in [9.17, 15) is 0 Å². The van der Waals surface area contributed by atoms with Crippen molar-refractivity contribution < 1.29 is 0 Å². The van der Waals surface area contributed by atoms with Gasteiger partial charge in [-0.15, -0.1) is 0 Å². The summed E-state index contributed by atoms with van der Waals surface area (Å²) in [6.45, 7) is 2.85. The van der Waals surface area contributed by atoms with Gasteiger partial charge in [-0.3, -0.25) is 0 Å². The van der Waals surface area contributed by atoms with Crippen LogP contribution in [0.5, 0.6) is 0 Å². The molecule has 2 heteroatoms. The smallest absolute Gasteiger partial charge is 0.0208 e. The maximum Gasteiger partial charge on any atom is 0.0208 e. The Morgan fingerprint density at radius 3 is 2.53 bits per heavy atom. The molecule has 15 heavy (non-hydrogen) atoms. The van der Waals surface area contributed by atoms with Crippen molar-refractivity contribution in [3.05, 3.63) is 23.0 Å². The average Bonchev–Trinajstić information content (AvgIpc) is 2.57. The molecule has 0 aliphatic heterocycles. The molecule has 1 aromatic heterocycles. The minimum atomic E-state index is 0.673. The fourth-order valence-electron chi connectivity index (χ4n) is 2.79. The van der Waals surface area contributed by atoms with Gasteiger partial charge >= 0.3 is 0 Å². The molecule has 1 aromatic rings. The quantitative estimate of drug-likeness (QED) is 0.792. The number of hydrogen-bond acceptors (Lipinski definition) is 1. The molecule has 1 heterocycles. The molecule has 0 aromatic carbocycles. The largest absolute Gasteiger partial charge is 0.351 e. The third-order valence-corrected chi connectivity index (χ3v) is 3.92. The lowest BCUT2D eigenvalue weighted by molar-refractivity contribution is 0.428. The lowest BCUT2D eigenvalue weighted by atomic mass is 9.87. The standard InChI is InChI=1S/C13H22N2/c1-10-12(9-14)8-13(15(10)2)11-6-4-3-5-7-11/h8,11H,3-7,9,14H2,1-2H3. The molecule has 0 amide bonds. The molecule has 1 fully saturated rings. The maximum absolute atomic E-state index is 5.75. The van der Waals surface area contributed by atoms with Crippen LogP contribution in [0.25, 0.3) is 0 Å². The van der Waals surface area contributed by atoms with Crippen LogP contribution in [0.3, 0.4) is 0 Å². The Bertz CT molecular complexity index is 333. The van der Waals surface area contributed by atoms with Gasteiger partial charge in [0, 0.05) is 25.0 Å². The van der Waals surface area contributed by atoms with E-state index in [0.717, 1.165) is 5.92 Å². The van der Waals surface area contributed by atoms with Crippen LogP contribution in [-0.4, -0.2) is 4.57 Å². The van der Waals surface area contributed by atoms with E-state index in [1.54, 1.807) is 0 Å². The van der Waals surface area contributed by atoms with Crippen LogP contribution in [-0.2, 0) is 13.6 Å². The van der Waals surface area contributed by atoms with Crippen molar-refractivity contribution >= 4 is 0 Å². The summed E-state index contributed by atoms with van der Waals surface area (Å²) in [5.74, 6) is 0.780. The van der Waals surface area contributed by atoms with E-state index < -0.39 is 0 Å². The van der Waals surface area contributed by atoms with Crippen molar-refractivity contribution in [3.63, 3.8) is 0 Å². The molecule has 1 aliphatic rings. The Morgan fingerprint density at radius 2 is 2.00 bits per heavy atom. The summed E-state index contributed by atoms with van der Waals surface area (Å²) in [7, 11) is 2.18. The van der Waals surface area contributed by atoms with Gasteiger partial charge in [0.1, 0.15) is 0 Å². The van der Waals surface area contributed by atoms with Gasteiger partial charge in [-0.05, 0) is 37.3 Å². The summed E-state index contributed by atoms with van der Waals surface area (Å²) in [4.78, 5) is 0. The third kappa shape index (κ3) is 1.96.